The van der Waals surface area contributed by atoms with Crippen molar-refractivity contribution in [2.75, 3.05) is 25.1 Å². The van der Waals surface area contributed by atoms with Crippen molar-refractivity contribution < 1.29 is 19.0 Å². The minimum Gasteiger partial charge on any atom is -0.494 e. The molecule has 0 aliphatic carbocycles. The summed E-state index contributed by atoms with van der Waals surface area (Å²) >= 11 is 0. The van der Waals surface area contributed by atoms with Gasteiger partial charge in [0.25, 0.3) is 0 Å². The van der Waals surface area contributed by atoms with E-state index >= 15 is 0 Å². The van der Waals surface area contributed by atoms with Crippen LogP contribution in [-0.4, -0.2) is 31.5 Å². The number of amides is 1. The van der Waals surface area contributed by atoms with E-state index in [2.05, 4.69) is 12.2 Å². The molecule has 1 fully saturated rings. The molecule has 1 heterocycles. The summed E-state index contributed by atoms with van der Waals surface area (Å²) in [6, 6.07) is 7.45. The Morgan fingerprint density at radius 2 is 1.78 bits per heavy atom. The summed E-state index contributed by atoms with van der Waals surface area (Å²) in [6.07, 6.45) is 9.63. The van der Waals surface area contributed by atoms with E-state index in [-0.39, 0.29) is 12.3 Å². The third-order valence-corrected chi connectivity index (χ3v) is 4.83. The lowest BCUT2D eigenvalue weighted by Crippen LogP contribution is -2.35. The summed E-state index contributed by atoms with van der Waals surface area (Å²) < 4.78 is 17.2. The first kappa shape index (κ1) is 21.7. The number of hydrogen-bond donors (Lipinski definition) is 1. The van der Waals surface area contributed by atoms with Crippen LogP contribution >= 0.6 is 0 Å². The maximum atomic E-state index is 12.5. The second-order valence-corrected chi connectivity index (χ2v) is 7.16. The highest BCUT2D eigenvalue weighted by atomic mass is 16.7. The van der Waals surface area contributed by atoms with E-state index in [0.717, 1.165) is 30.7 Å². The Bertz CT molecular complexity index is 555. The molecule has 27 heavy (non-hydrogen) atoms. The average molecular weight is 378 g/mol. The van der Waals surface area contributed by atoms with E-state index in [0.29, 0.717) is 19.8 Å². The maximum absolute atomic E-state index is 12.5. The van der Waals surface area contributed by atoms with Crippen LogP contribution in [0.1, 0.15) is 71.6 Å². The van der Waals surface area contributed by atoms with Gasteiger partial charge in [0.15, 0.2) is 5.79 Å². The molecule has 1 saturated heterocycles. The van der Waals surface area contributed by atoms with Crippen molar-refractivity contribution in [1.29, 1.82) is 0 Å². The molecule has 0 radical (unpaired) electrons. The second kappa shape index (κ2) is 12.0. The standard InChI is InChI=1S/C22H35NO4/c1-3-5-6-7-8-9-10-14-22(26-15-16-27-22)18-21(24)23-19-12-11-13-20(17-19)25-4-2/h11-13,17H,3-10,14-16,18H2,1-2H3,(H,23,24). The first-order chi connectivity index (χ1) is 13.2. The molecule has 0 saturated carbocycles. The molecule has 0 unspecified atom stereocenters. The van der Waals surface area contributed by atoms with Gasteiger partial charge in [-0.2, -0.15) is 0 Å². The molecule has 0 spiro atoms. The van der Waals surface area contributed by atoms with Crippen LogP contribution in [-0.2, 0) is 14.3 Å². The molecule has 1 aliphatic heterocycles. The molecule has 1 aromatic carbocycles. The number of rotatable bonds is 13. The van der Waals surface area contributed by atoms with Gasteiger partial charge in [0.2, 0.25) is 5.91 Å². The summed E-state index contributed by atoms with van der Waals surface area (Å²) in [6.45, 7) is 5.89. The van der Waals surface area contributed by atoms with Crippen molar-refractivity contribution in [3.8, 4) is 5.75 Å². The Morgan fingerprint density at radius 3 is 2.48 bits per heavy atom. The molecule has 0 bridgehead atoms. The molecule has 5 nitrogen and oxygen atoms in total. The topological polar surface area (TPSA) is 56.8 Å². The zero-order valence-electron chi connectivity index (χ0n) is 16.9. The first-order valence-corrected chi connectivity index (χ1v) is 10.5. The number of nitrogens with one attached hydrogen (secondary N) is 1. The van der Waals surface area contributed by atoms with Crippen LogP contribution in [0, 0.1) is 0 Å². The molecule has 2 rings (SSSR count). The Kier molecular flexibility index (Phi) is 9.64. The minimum atomic E-state index is -0.759. The lowest BCUT2D eigenvalue weighted by atomic mass is 10.0. The van der Waals surface area contributed by atoms with Crippen LogP contribution in [0.15, 0.2) is 24.3 Å². The van der Waals surface area contributed by atoms with Crippen molar-refractivity contribution in [2.45, 2.75) is 77.4 Å². The summed E-state index contributed by atoms with van der Waals surface area (Å²) in [5.41, 5.74) is 0.732. The molecule has 0 aromatic heterocycles. The highest BCUT2D eigenvalue weighted by Crippen LogP contribution is 2.30. The predicted octanol–water partition coefficient (Wildman–Crippen LogP) is 5.30. The lowest BCUT2D eigenvalue weighted by Gasteiger charge is -2.27. The molecule has 1 amide bonds. The molecule has 0 atom stereocenters. The van der Waals surface area contributed by atoms with Gasteiger partial charge in [-0.15, -0.1) is 0 Å². The maximum Gasteiger partial charge on any atom is 0.229 e. The Labute approximate surface area is 163 Å². The smallest absolute Gasteiger partial charge is 0.229 e. The zero-order chi connectivity index (χ0) is 19.4. The van der Waals surface area contributed by atoms with Crippen molar-refractivity contribution in [3.63, 3.8) is 0 Å². The lowest BCUT2D eigenvalue weighted by molar-refractivity contribution is -0.172. The molecular weight excluding hydrogens is 342 g/mol. The molecular formula is C22H35NO4. The van der Waals surface area contributed by atoms with Crippen LogP contribution in [0.5, 0.6) is 5.75 Å². The Hall–Kier alpha value is -1.59. The van der Waals surface area contributed by atoms with Crippen LogP contribution in [0.4, 0.5) is 5.69 Å². The monoisotopic (exact) mass is 377 g/mol. The fourth-order valence-electron chi connectivity index (χ4n) is 3.46. The number of ether oxygens (including phenoxy) is 3. The molecule has 152 valence electrons. The fourth-order valence-corrected chi connectivity index (χ4v) is 3.46. The highest BCUT2D eigenvalue weighted by molar-refractivity contribution is 5.91. The van der Waals surface area contributed by atoms with Gasteiger partial charge in [0, 0.05) is 18.2 Å². The molecule has 5 heteroatoms. The highest BCUT2D eigenvalue weighted by Gasteiger charge is 2.38. The van der Waals surface area contributed by atoms with Gasteiger partial charge in [-0.25, -0.2) is 0 Å². The van der Waals surface area contributed by atoms with Crippen LogP contribution in [0.3, 0.4) is 0 Å². The van der Waals surface area contributed by atoms with Gasteiger partial charge in [-0.1, -0.05) is 51.5 Å². The number of carbonyl (C=O) groups excluding carboxylic acids is 1. The average Bonchev–Trinajstić information content (AvgIpc) is 3.10. The number of benzene rings is 1. The fraction of sp³-hybridized carbons (Fsp3) is 0.682. The largest absolute Gasteiger partial charge is 0.494 e. The summed E-state index contributed by atoms with van der Waals surface area (Å²) in [4.78, 5) is 12.5. The van der Waals surface area contributed by atoms with Crippen LogP contribution < -0.4 is 10.1 Å². The summed E-state index contributed by atoms with van der Waals surface area (Å²) in [5.74, 6) is -0.0969. The van der Waals surface area contributed by atoms with E-state index < -0.39 is 5.79 Å². The third kappa shape index (κ3) is 7.89. The van der Waals surface area contributed by atoms with Gasteiger partial charge in [0.05, 0.1) is 26.2 Å². The van der Waals surface area contributed by atoms with Gasteiger partial charge in [-0.3, -0.25) is 4.79 Å². The van der Waals surface area contributed by atoms with E-state index in [4.69, 9.17) is 14.2 Å². The van der Waals surface area contributed by atoms with Crippen molar-refractivity contribution in [1.82, 2.24) is 0 Å². The van der Waals surface area contributed by atoms with Crippen molar-refractivity contribution >= 4 is 11.6 Å². The Morgan fingerprint density at radius 1 is 1.07 bits per heavy atom. The third-order valence-electron chi connectivity index (χ3n) is 4.83. The van der Waals surface area contributed by atoms with E-state index in [9.17, 15) is 4.79 Å². The zero-order valence-corrected chi connectivity index (χ0v) is 16.9. The Balaban J connectivity index is 1.78. The number of hydrogen-bond acceptors (Lipinski definition) is 4. The summed E-state index contributed by atoms with van der Waals surface area (Å²) in [7, 11) is 0. The quantitative estimate of drug-likeness (QED) is 0.474. The molecule has 1 N–H and O–H groups in total. The van der Waals surface area contributed by atoms with E-state index in [1.807, 2.05) is 31.2 Å². The summed E-state index contributed by atoms with van der Waals surface area (Å²) in [5, 5.41) is 2.94. The minimum absolute atomic E-state index is 0.0894. The predicted molar refractivity (Wildman–Crippen MR) is 108 cm³/mol. The number of carbonyl (C=O) groups is 1. The van der Waals surface area contributed by atoms with Crippen LogP contribution in [0.2, 0.25) is 0 Å². The van der Waals surface area contributed by atoms with E-state index in [1.54, 1.807) is 0 Å². The van der Waals surface area contributed by atoms with Gasteiger partial charge >= 0.3 is 0 Å². The van der Waals surface area contributed by atoms with E-state index in [1.165, 1.54) is 32.1 Å². The number of anilines is 1. The SMILES string of the molecule is CCCCCCCCCC1(CC(=O)Nc2cccc(OCC)c2)OCCO1. The van der Waals surface area contributed by atoms with Crippen LogP contribution in [0.25, 0.3) is 0 Å². The second-order valence-electron chi connectivity index (χ2n) is 7.16. The number of unbranched alkanes of at least 4 members (excludes halogenated alkanes) is 6. The van der Waals surface area contributed by atoms with Crippen molar-refractivity contribution in [3.05, 3.63) is 24.3 Å². The van der Waals surface area contributed by atoms with Gasteiger partial charge in [0.1, 0.15) is 5.75 Å². The van der Waals surface area contributed by atoms with Gasteiger partial charge < -0.3 is 19.5 Å². The molecule has 1 aliphatic rings. The first-order valence-electron chi connectivity index (χ1n) is 10.5. The molecule has 1 aromatic rings. The van der Waals surface area contributed by atoms with Crippen molar-refractivity contribution in [2.24, 2.45) is 0 Å². The normalized spacial score (nSPS) is 15.6. The van der Waals surface area contributed by atoms with Gasteiger partial charge in [-0.05, 0) is 25.5 Å².